The summed E-state index contributed by atoms with van der Waals surface area (Å²) < 4.78 is 3.16. The topological polar surface area (TPSA) is 6.25 Å². The quantitative estimate of drug-likeness (QED) is 0.274. The van der Waals surface area contributed by atoms with Crippen LogP contribution in [0.15, 0.2) is 84.4 Å². The number of allylic oxidation sites excluding steroid dienone is 2. The molecule has 0 amide bonds. The first-order valence-corrected chi connectivity index (χ1v) is 15.3. The Labute approximate surface area is 239 Å². The van der Waals surface area contributed by atoms with Gasteiger partial charge in [0.1, 0.15) is 23.6 Å². The summed E-state index contributed by atoms with van der Waals surface area (Å²) in [6, 6.07) is 16.1. The van der Waals surface area contributed by atoms with Gasteiger partial charge in [-0.15, -0.1) is 0 Å². The van der Waals surface area contributed by atoms with Crippen LogP contribution in [0, 0.1) is 0 Å². The van der Waals surface area contributed by atoms with Crippen LogP contribution in [-0.2, 0) is 10.8 Å². The second kappa shape index (κ2) is 10.0. The van der Waals surface area contributed by atoms with Crippen molar-refractivity contribution in [2.75, 3.05) is 32.6 Å². The lowest BCUT2D eigenvalue weighted by atomic mass is 9.80. The van der Waals surface area contributed by atoms with E-state index in [2.05, 4.69) is 148 Å². The second-order valence-electron chi connectivity index (χ2n) is 13.6. The standard InChI is InChI=1S/C35H48N3P/c1-14-30-33-24(3)23-38(12,13)39(33)31-19-17-16-18-29(31)25(4)36(11)32(15-2)37(30)28-21-26(34(5,6)7)20-27(22-28)35(8,9)10/h14-22H,2,4,23H2,1,3,5-13H3/q+2/b30-14+. The van der Waals surface area contributed by atoms with E-state index in [4.69, 9.17) is 0 Å². The van der Waals surface area contributed by atoms with Crippen molar-refractivity contribution in [3.8, 4) is 0 Å². The number of anilines is 1. The minimum Gasteiger partial charge on any atom is -0.304 e. The van der Waals surface area contributed by atoms with Gasteiger partial charge in [-0.25, -0.2) is 4.58 Å². The average Bonchev–Trinajstić information content (AvgIpc) is 3.10. The van der Waals surface area contributed by atoms with Crippen LogP contribution in [0.5, 0.6) is 0 Å². The molecule has 0 radical (unpaired) electrons. The van der Waals surface area contributed by atoms with Gasteiger partial charge in [0.25, 0.3) is 5.84 Å². The fourth-order valence-electron chi connectivity index (χ4n) is 5.89. The summed E-state index contributed by atoms with van der Waals surface area (Å²) in [6.45, 7) is 28.4. The van der Waals surface area contributed by atoms with E-state index in [0.717, 1.165) is 22.3 Å². The molecular formula is C35H48N3P+2. The first-order valence-electron chi connectivity index (χ1n) is 14.0. The summed E-state index contributed by atoms with van der Waals surface area (Å²) in [6.07, 6.45) is 4.31. The molecule has 0 spiro atoms. The van der Waals surface area contributed by atoms with Gasteiger partial charge in [-0.05, 0) is 71.7 Å². The van der Waals surface area contributed by atoms with Gasteiger partial charge in [0.15, 0.2) is 8.07 Å². The summed E-state index contributed by atoms with van der Waals surface area (Å²) in [5.74, 6) is 1.02. The Hall–Kier alpha value is -2.74. The highest BCUT2D eigenvalue weighted by molar-refractivity contribution is 7.65. The van der Waals surface area contributed by atoms with Crippen LogP contribution in [0.1, 0.15) is 72.1 Å². The normalized spacial score (nSPS) is 21.0. The van der Waals surface area contributed by atoms with Crippen LogP contribution in [0.25, 0.3) is 5.70 Å². The number of nitrogens with zero attached hydrogens (tertiary/aromatic N) is 3. The minimum atomic E-state index is -0.699. The van der Waals surface area contributed by atoms with Gasteiger partial charge < -0.3 is 4.25 Å². The number of hydrogen-bond donors (Lipinski definition) is 0. The Morgan fingerprint density at radius 1 is 0.974 bits per heavy atom. The van der Waals surface area contributed by atoms with E-state index in [-0.39, 0.29) is 10.8 Å². The highest BCUT2D eigenvalue weighted by Crippen LogP contribution is 2.62. The molecule has 2 aliphatic heterocycles. The molecule has 4 rings (SSSR count). The van der Waals surface area contributed by atoms with Crippen molar-refractivity contribution in [2.24, 2.45) is 0 Å². The molecule has 0 N–H and O–H groups in total. The van der Waals surface area contributed by atoms with Crippen LogP contribution in [-0.4, -0.2) is 42.4 Å². The van der Waals surface area contributed by atoms with Crippen LogP contribution < -0.4 is 10.2 Å². The van der Waals surface area contributed by atoms with Crippen LogP contribution in [0.3, 0.4) is 0 Å². The van der Waals surface area contributed by atoms with Gasteiger partial charge in [0, 0.05) is 16.9 Å². The molecule has 1 atom stereocenters. The maximum absolute atomic E-state index is 4.65. The van der Waals surface area contributed by atoms with E-state index in [1.165, 1.54) is 44.3 Å². The third-order valence-corrected chi connectivity index (χ3v) is 11.2. The lowest BCUT2D eigenvalue weighted by molar-refractivity contribution is -0.753. The Kier molecular flexibility index (Phi) is 7.52. The van der Waals surface area contributed by atoms with Crippen LogP contribution in [0.2, 0.25) is 0 Å². The molecule has 2 aromatic carbocycles. The Balaban J connectivity index is 2.16. The zero-order valence-electron chi connectivity index (χ0n) is 26.1. The predicted octanol–water partition coefficient (Wildman–Crippen LogP) is 8.29. The number of quaternary nitrogens is 1. The maximum Gasteiger partial charge on any atom is 0.286 e. The number of benzene rings is 2. The van der Waals surface area contributed by atoms with Gasteiger partial charge in [-0.2, -0.15) is 4.90 Å². The molecular weight excluding hydrogens is 493 g/mol. The van der Waals surface area contributed by atoms with E-state index >= 15 is 0 Å². The fourth-order valence-corrected chi connectivity index (χ4v) is 9.15. The largest absolute Gasteiger partial charge is 0.304 e. The maximum atomic E-state index is 4.65. The van der Waals surface area contributed by atoms with E-state index < -0.39 is 8.07 Å². The molecule has 2 heterocycles. The van der Waals surface area contributed by atoms with Crippen molar-refractivity contribution in [2.45, 2.75) is 66.2 Å². The van der Waals surface area contributed by atoms with Crippen LogP contribution >= 0.6 is 8.07 Å². The number of hydrogen-bond acceptors (Lipinski definition) is 1. The lowest BCUT2D eigenvalue weighted by Crippen LogP contribution is -2.36. The van der Waals surface area contributed by atoms with Crippen molar-refractivity contribution in [1.29, 1.82) is 0 Å². The third-order valence-electron chi connectivity index (χ3n) is 8.05. The van der Waals surface area contributed by atoms with Gasteiger partial charge in [0.05, 0.1) is 26.5 Å². The fraction of sp³-hybridized carbons (Fsp3) is 0.400. The average molecular weight is 542 g/mol. The Morgan fingerprint density at radius 2 is 1.54 bits per heavy atom. The molecule has 39 heavy (non-hydrogen) atoms. The second-order valence-corrected chi connectivity index (χ2v) is 16.2. The molecule has 2 aliphatic rings. The summed E-state index contributed by atoms with van der Waals surface area (Å²) >= 11 is 0. The third kappa shape index (κ3) is 5.12. The zero-order valence-corrected chi connectivity index (χ0v) is 27.0. The van der Waals surface area contributed by atoms with E-state index in [9.17, 15) is 0 Å². The van der Waals surface area contributed by atoms with Crippen molar-refractivity contribution < 1.29 is 8.83 Å². The Bertz CT molecular complexity index is 1400. The van der Waals surface area contributed by atoms with Gasteiger partial charge in [0.2, 0.25) is 0 Å². The minimum absolute atomic E-state index is 0.0137. The molecule has 2 aromatic rings. The smallest absolute Gasteiger partial charge is 0.286 e. The highest BCUT2D eigenvalue weighted by Gasteiger charge is 2.49. The summed E-state index contributed by atoms with van der Waals surface area (Å²) in [7, 11) is 6.20. The lowest BCUT2D eigenvalue weighted by Gasteiger charge is -2.34. The van der Waals surface area contributed by atoms with E-state index in [0.29, 0.717) is 0 Å². The summed E-state index contributed by atoms with van der Waals surface area (Å²) in [5, 5.41) is 2.86. The summed E-state index contributed by atoms with van der Waals surface area (Å²) in [5.41, 5.74) is 8.80. The molecule has 0 saturated carbocycles. The van der Waals surface area contributed by atoms with Crippen molar-refractivity contribution in [3.63, 3.8) is 0 Å². The summed E-state index contributed by atoms with van der Waals surface area (Å²) in [4.78, 5) is 2.45. The van der Waals surface area contributed by atoms with E-state index in [1.54, 1.807) is 0 Å². The molecule has 0 aromatic heterocycles. The number of amidine groups is 1. The van der Waals surface area contributed by atoms with Gasteiger partial charge >= 0.3 is 0 Å². The molecule has 206 valence electrons. The van der Waals surface area contributed by atoms with Gasteiger partial charge in [-0.1, -0.05) is 72.9 Å². The number of fused-ring (bicyclic) bond motifs is 3. The predicted molar refractivity (Wildman–Crippen MR) is 173 cm³/mol. The molecule has 3 nitrogen and oxygen atoms in total. The molecule has 1 unspecified atom stereocenters. The van der Waals surface area contributed by atoms with Crippen molar-refractivity contribution in [1.82, 2.24) is 0 Å². The SMILES string of the molecule is C=CC1=[N+](C)C(=C)c2ccccc2P2C(=C(C)C[N+]2(C)C)/C(=C\C)N1c1cc(C(C)(C)C)cc(C(C)(C)C)c1. The molecule has 0 fully saturated rings. The first kappa shape index (κ1) is 29.2. The Morgan fingerprint density at radius 3 is 2.05 bits per heavy atom. The first-order chi connectivity index (χ1) is 18.0. The molecule has 0 saturated heterocycles. The van der Waals surface area contributed by atoms with Gasteiger partial charge in [-0.3, -0.25) is 0 Å². The highest BCUT2D eigenvalue weighted by atomic mass is 31.1. The van der Waals surface area contributed by atoms with Crippen molar-refractivity contribution >= 4 is 30.6 Å². The number of likely N-dealkylation sites (N-methyl/N-ethyl adjacent to an activating group) is 1. The van der Waals surface area contributed by atoms with Crippen molar-refractivity contribution in [3.05, 3.63) is 101 Å². The monoisotopic (exact) mass is 541 g/mol. The zero-order chi connectivity index (χ0) is 29.1. The molecule has 0 aliphatic carbocycles. The number of rotatable bonds is 2. The molecule has 4 heteroatoms. The van der Waals surface area contributed by atoms with E-state index in [1.807, 2.05) is 6.08 Å². The molecule has 0 bridgehead atoms. The van der Waals surface area contributed by atoms with Crippen LogP contribution in [0.4, 0.5) is 5.69 Å².